The lowest BCUT2D eigenvalue weighted by Gasteiger charge is -2.19. The van der Waals surface area contributed by atoms with Crippen LogP contribution in [0.5, 0.6) is 0 Å². The molecule has 74 valence electrons. The summed E-state index contributed by atoms with van der Waals surface area (Å²) in [6.45, 7) is 2.09. The van der Waals surface area contributed by atoms with E-state index in [1.54, 1.807) is 6.20 Å². The van der Waals surface area contributed by atoms with E-state index in [9.17, 15) is 0 Å². The van der Waals surface area contributed by atoms with Crippen LogP contribution >= 0.6 is 27.5 Å². The van der Waals surface area contributed by atoms with Crippen LogP contribution in [0.3, 0.4) is 0 Å². The van der Waals surface area contributed by atoms with Crippen LogP contribution in [-0.4, -0.2) is 15.6 Å². The summed E-state index contributed by atoms with van der Waals surface area (Å²) in [5.74, 6) is 0.719. The third kappa shape index (κ3) is 1.77. The predicted molar refractivity (Wildman–Crippen MR) is 62.2 cm³/mol. The fourth-order valence-electron chi connectivity index (χ4n) is 1.39. The molecule has 0 bridgehead atoms. The lowest BCUT2D eigenvalue weighted by molar-refractivity contribution is 0.714. The molecule has 1 aromatic rings. The van der Waals surface area contributed by atoms with Gasteiger partial charge in [0.05, 0.1) is 11.1 Å². The van der Waals surface area contributed by atoms with Crippen molar-refractivity contribution in [3.63, 3.8) is 0 Å². The molecule has 2 rings (SSSR count). The molecule has 5 heteroatoms. The number of hydrazone groups is 1. The summed E-state index contributed by atoms with van der Waals surface area (Å²) in [5.41, 5.74) is 0. The quantitative estimate of drug-likeness (QED) is 0.787. The van der Waals surface area contributed by atoms with Crippen molar-refractivity contribution in [2.45, 2.75) is 19.4 Å². The average molecular weight is 275 g/mol. The molecule has 0 amide bonds. The largest absolute Gasteiger partial charge is 0.243 e. The maximum Gasteiger partial charge on any atom is 0.168 e. The number of anilines is 1. The lowest BCUT2D eigenvalue weighted by atomic mass is 10.2. The summed E-state index contributed by atoms with van der Waals surface area (Å²) in [4.78, 5) is 4.21. The van der Waals surface area contributed by atoms with Crippen LogP contribution in [0.4, 0.5) is 5.82 Å². The standard InChI is InChI=1S/C9H9BrClN3/c1-6-5-8(10)13-14(6)9-7(11)3-2-4-12-9/h2-4,6H,5H2,1H3. The van der Waals surface area contributed by atoms with Gasteiger partial charge in [0, 0.05) is 12.6 Å². The number of nitrogens with zero attached hydrogens (tertiary/aromatic N) is 3. The van der Waals surface area contributed by atoms with Gasteiger partial charge in [0.2, 0.25) is 0 Å². The van der Waals surface area contributed by atoms with Crippen LogP contribution in [-0.2, 0) is 0 Å². The summed E-state index contributed by atoms with van der Waals surface area (Å²) in [6, 6.07) is 3.93. The van der Waals surface area contributed by atoms with E-state index in [2.05, 4.69) is 32.9 Å². The minimum absolute atomic E-state index is 0.303. The Morgan fingerprint density at radius 2 is 2.43 bits per heavy atom. The molecule has 0 fully saturated rings. The van der Waals surface area contributed by atoms with E-state index in [0.29, 0.717) is 11.1 Å². The maximum absolute atomic E-state index is 6.03. The molecule has 0 saturated carbocycles. The van der Waals surface area contributed by atoms with E-state index in [-0.39, 0.29) is 0 Å². The molecule has 0 spiro atoms. The SMILES string of the molecule is CC1CC(Br)=NN1c1ncccc1Cl. The highest BCUT2D eigenvalue weighted by molar-refractivity contribution is 9.18. The van der Waals surface area contributed by atoms with Crippen molar-refractivity contribution in [1.82, 2.24) is 4.98 Å². The number of hydrogen-bond acceptors (Lipinski definition) is 3. The molecular formula is C9H9BrClN3. The molecule has 0 saturated heterocycles. The fraction of sp³-hybridized carbons (Fsp3) is 0.333. The number of pyridine rings is 1. The van der Waals surface area contributed by atoms with Crippen molar-refractivity contribution in [1.29, 1.82) is 0 Å². The lowest BCUT2D eigenvalue weighted by Crippen LogP contribution is -2.23. The highest BCUT2D eigenvalue weighted by atomic mass is 79.9. The molecule has 14 heavy (non-hydrogen) atoms. The van der Waals surface area contributed by atoms with Gasteiger partial charge in [0.25, 0.3) is 0 Å². The molecule has 0 radical (unpaired) electrons. The first-order valence-electron chi connectivity index (χ1n) is 4.31. The van der Waals surface area contributed by atoms with E-state index >= 15 is 0 Å². The van der Waals surface area contributed by atoms with E-state index in [4.69, 9.17) is 11.6 Å². The van der Waals surface area contributed by atoms with Crippen LogP contribution in [0.2, 0.25) is 5.02 Å². The fourth-order valence-corrected chi connectivity index (χ4v) is 2.24. The number of aromatic nitrogens is 1. The Labute approximate surface area is 95.9 Å². The minimum atomic E-state index is 0.303. The van der Waals surface area contributed by atoms with Gasteiger partial charge in [-0.05, 0) is 35.0 Å². The molecular weight excluding hydrogens is 265 g/mol. The Bertz CT molecular complexity index is 380. The second kappa shape index (κ2) is 3.87. The van der Waals surface area contributed by atoms with Gasteiger partial charge < -0.3 is 0 Å². The van der Waals surface area contributed by atoms with Crippen molar-refractivity contribution < 1.29 is 0 Å². The monoisotopic (exact) mass is 273 g/mol. The van der Waals surface area contributed by atoms with Crippen molar-refractivity contribution >= 4 is 38.0 Å². The van der Waals surface area contributed by atoms with Gasteiger partial charge >= 0.3 is 0 Å². The van der Waals surface area contributed by atoms with Gasteiger partial charge in [-0.3, -0.25) is 0 Å². The predicted octanol–water partition coefficient (Wildman–Crippen LogP) is 3.04. The van der Waals surface area contributed by atoms with Crippen LogP contribution in [0.15, 0.2) is 23.4 Å². The van der Waals surface area contributed by atoms with Gasteiger partial charge in [-0.2, -0.15) is 5.10 Å². The smallest absolute Gasteiger partial charge is 0.168 e. The van der Waals surface area contributed by atoms with Gasteiger partial charge in [-0.15, -0.1) is 0 Å². The first kappa shape index (κ1) is 9.93. The third-order valence-corrected chi connectivity index (χ3v) is 2.83. The second-order valence-corrected chi connectivity index (χ2v) is 4.51. The van der Waals surface area contributed by atoms with E-state index in [1.165, 1.54) is 0 Å². The molecule has 0 aromatic carbocycles. The van der Waals surface area contributed by atoms with Crippen LogP contribution in [0.1, 0.15) is 13.3 Å². The maximum atomic E-state index is 6.03. The zero-order valence-electron chi connectivity index (χ0n) is 7.61. The van der Waals surface area contributed by atoms with E-state index < -0.39 is 0 Å². The second-order valence-electron chi connectivity index (χ2n) is 3.18. The van der Waals surface area contributed by atoms with Crippen molar-refractivity contribution in [2.24, 2.45) is 5.10 Å². The zero-order valence-corrected chi connectivity index (χ0v) is 9.96. The Hall–Kier alpha value is -0.610. The Balaban J connectivity index is 2.36. The van der Waals surface area contributed by atoms with E-state index in [1.807, 2.05) is 17.1 Å². The Morgan fingerprint density at radius 1 is 1.64 bits per heavy atom. The molecule has 0 N–H and O–H groups in total. The van der Waals surface area contributed by atoms with Gasteiger partial charge in [0.1, 0.15) is 4.62 Å². The van der Waals surface area contributed by atoms with Crippen molar-refractivity contribution in [3.05, 3.63) is 23.4 Å². The number of halogens is 2. The summed E-state index contributed by atoms with van der Waals surface area (Å²) in [5, 5.41) is 6.79. The van der Waals surface area contributed by atoms with Crippen LogP contribution in [0.25, 0.3) is 0 Å². The minimum Gasteiger partial charge on any atom is -0.243 e. The Kier molecular flexibility index (Phi) is 2.74. The molecule has 1 aliphatic rings. The van der Waals surface area contributed by atoms with E-state index in [0.717, 1.165) is 16.9 Å². The third-order valence-electron chi connectivity index (χ3n) is 2.05. The summed E-state index contributed by atoms with van der Waals surface area (Å²) < 4.78 is 0.937. The molecule has 2 heterocycles. The van der Waals surface area contributed by atoms with Crippen molar-refractivity contribution in [3.8, 4) is 0 Å². The van der Waals surface area contributed by atoms with Crippen molar-refractivity contribution in [2.75, 3.05) is 5.01 Å². The molecule has 0 aliphatic carbocycles. The number of rotatable bonds is 1. The summed E-state index contributed by atoms with van der Waals surface area (Å²) >= 11 is 9.41. The normalized spacial score (nSPS) is 21.2. The zero-order chi connectivity index (χ0) is 10.1. The first-order chi connectivity index (χ1) is 6.68. The van der Waals surface area contributed by atoms with Gasteiger partial charge in [-0.1, -0.05) is 11.6 Å². The highest BCUT2D eigenvalue weighted by Gasteiger charge is 2.24. The molecule has 1 aromatic heterocycles. The Morgan fingerprint density at radius 3 is 3.00 bits per heavy atom. The van der Waals surface area contributed by atoms with Gasteiger partial charge in [-0.25, -0.2) is 9.99 Å². The molecule has 3 nitrogen and oxygen atoms in total. The number of hydrogen-bond donors (Lipinski definition) is 0. The van der Waals surface area contributed by atoms with Crippen LogP contribution in [0, 0.1) is 0 Å². The first-order valence-corrected chi connectivity index (χ1v) is 5.48. The van der Waals surface area contributed by atoms with Gasteiger partial charge in [0.15, 0.2) is 5.82 Å². The molecule has 1 atom stereocenters. The average Bonchev–Trinajstić information content (AvgIpc) is 2.46. The molecule has 1 aliphatic heterocycles. The topological polar surface area (TPSA) is 28.5 Å². The molecule has 1 unspecified atom stereocenters. The van der Waals surface area contributed by atoms with Crippen LogP contribution < -0.4 is 5.01 Å². The highest BCUT2D eigenvalue weighted by Crippen LogP contribution is 2.29. The summed E-state index contributed by atoms with van der Waals surface area (Å²) in [6.07, 6.45) is 2.61. The summed E-state index contributed by atoms with van der Waals surface area (Å²) in [7, 11) is 0.